The van der Waals surface area contributed by atoms with Gasteiger partial charge in [-0.3, -0.25) is 4.90 Å². The van der Waals surface area contributed by atoms with E-state index in [9.17, 15) is 0 Å². The van der Waals surface area contributed by atoms with Gasteiger partial charge >= 0.3 is 0 Å². The second-order valence-corrected chi connectivity index (χ2v) is 7.50. The van der Waals surface area contributed by atoms with E-state index in [4.69, 9.17) is 0 Å². The molecule has 0 aromatic rings. The number of hydrogen-bond donors (Lipinski definition) is 1. The first-order valence-electron chi connectivity index (χ1n) is 8.66. The van der Waals surface area contributed by atoms with Gasteiger partial charge in [-0.1, -0.05) is 20.3 Å². The number of rotatable bonds is 4. The van der Waals surface area contributed by atoms with Gasteiger partial charge in [0.15, 0.2) is 0 Å². The Labute approximate surface area is 119 Å². The Balaban J connectivity index is 1.55. The Morgan fingerprint density at radius 3 is 2.63 bits per heavy atom. The lowest BCUT2D eigenvalue weighted by Gasteiger charge is -2.43. The standard InChI is InChI=1S/C17H32N2/c1-4-18-17-7-8-19(11-12(17)2)13(3)16-10-14-5-6-15(16)9-14/h12-18H,4-11H2,1-3H3. The van der Waals surface area contributed by atoms with Gasteiger partial charge in [0.2, 0.25) is 0 Å². The monoisotopic (exact) mass is 264 g/mol. The molecule has 2 aliphatic carbocycles. The molecule has 1 heterocycles. The summed E-state index contributed by atoms with van der Waals surface area (Å²) in [6.45, 7) is 10.9. The molecule has 6 unspecified atom stereocenters. The van der Waals surface area contributed by atoms with E-state index in [1.165, 1.54) is 38.8 Å². The van der Waals surface area contributed by atoms with Crippen LogP contribution < -0.4 is 5.32 Å². The molecule has 1 aliphatic heterocycles. The highest BCUT2D eigenvalue weighted by Gasteiger charge is 2.43. The molecule has 0 aromatic carbocycles. The second kappa shape index (κ2) is 5.73. The Hall–Kier alpha value is -0.0800. The summed E-state index contributed by atoms with van der Waals surface area (Å²) >= 11 is 0. The molecule has 2 heteroatoms. The van der Waals surface area contributed by atoms with E-state index in [0.29, 0.717) is 0 Å². The summed E-state index contributed by atoms with van der Waals surface area (Å²) in [7, 11) is 0. The highest BCUT2D eigenvalue weighted by Crippen LogP contribution is 2.50. The predicted molar refractivity (Wildman–Crippen MR) is 81.2 cm³/mol. The van der Waals surface area contributed by atoms with Crippen molar-refractivity contribution in [3.8, 4) is 0 Å². The third-order valence-electron chi connectivity index (χ3n) is 6.39. The zero-order chi connectivity index (χ0) is 13.4. The quantitative estimate of drug-likeness (QED) is 0.839. The Morgan fingerprint density at radius 2 is 2.05 bits per heavy atom. The summed E-state index contributed by atoms with van der Waals surface area (Å²) in [4.78, 5) is 2.81. The van der Waals surface area contributed by atoms with Crippen LogP contribution in [0.15, 0.2) is 0 Å². The Kier molecular flexibility index (Phi) is 4.19. The zero-order valence-corrected chi connectivity index (χ0v) is 13.1. The van der Waals surface area contributed by atoms with Gasteiger partial charge in [-0.15, -0.1) is 0 Å². The van der Waals surface area contributed by atoms with Gasteiger partial charge in [-0.2, -0.15) is 0 Å². The maximum atomic E-state index is 3.66. The van der Waals surface area contributed by atoms with Crippen molar-refractivity contribution in [1.29, 1.82) is 0 Å². The van der Waals surface area contributed by atoms with Crippen LogP contribution in [0.2, 0.25) is 0 Å². The third-order valence-corrected chi connectivity index (χ3v) is 6.39. The van der Waals surface area contributed by atoms with E-state index >= 15 is 0 Å². The lowest BCUT2D eigenvalue weighted by atomic mass is 9.82. The summed E-state index contributed by atoms with van der Waals surface area (Å²) in [5.74, 6) is 3.99. The molecule has 1 N–H and O–H groups in total. The smallest absolute Gasteiger partial charge is 0.0117 e. The Morgan fingerprint density at radius 1 is 1.21 bits per heavy atom. The first-order valence-corrected chi connectivity index (χ1v) is 8.66. The predicted octanol–water partition coefficient (Wildman–Crippen LogP) is 3.13. The third kappa shape index (κ3) is 2.71. The molecular formula is C17H32N2. The maximum Gasteiger partial charge on any atom is 0.0117 e. The van der Waals surface area contributed by atoms with Crippen molar-refractivity contribution in [2.75, 3.05) is 19.6 Å². The summed E-state index contributed by atoms with van der Waals surface area (Å²) in [5.41, 5.74) is 0. The summed E-state index contributed by atoms with van der Waals surface area (Å²) < 4.78 is 0. The van der Waals surface area contributed by atoms with Gasteiger partial charge in [0.1, 0.15) is 0 Å². The minimum Gasteiger partial charge on any atom is -0.314 e. The average molecular weight is 264 g/mol. The van der Waals surface area contributed by atoms with Crippen LogP contribution in [0.4, 0.5) is 0 Å². The summed E-state index contributed by atoms with van der Waals surface area (Å²) in [6, 6.07) is 1.59. The van der Waals surface area contributed by atoms with E-state index in [2.05, 4.69) is 31.0 Å². The summed E-state index contributed by atoms with van der Waals surface area (Å²) in [6.07, 6.45) is 7.50. The van der Waals surface area contributed by atoms with Crippen LogP contribution in [-0.4, -0.2) is 36.6 Å². The number of nitrogens with one attached hydrogen (secondary N) is 1. The van der Waals surface area contributed by atoms with E-state index in [1.54, 1.807) is 6.42 Å². The number of fused-ring (bicyclic) bond motifs is 2. The zero-order valence-electron chi connectivity index (χ0n) is 13.1. The minimum absolute atomic E-state index is 0.758. The molecule has 2 saturated carbocycles. The van der Waals surface area contributed by atoms with Crippen LogP contribution in [0.3, 0.4) is 0 Å². The highest BCUT2D eigenvalue weighted by molar-refractivity contribution is 4.96. The lowest BCUT2D eigenvalue weighted by molar-refractivity contribution is 0.0646. The van der Waals surface area contributed by atoms with Crippen LogP contribution in [0.5, 0.6) is 0 Å². The first kappa shape index (κ1) is 13.9. The number of likely N-dealkylation sites (tertiary alicyclic amines) is 1. The normalized spacial score (nSPS) is 44.7. The van der Waals surface area contributed by atoms with Crippen molar-refractivity contribution in [2.45, 2.75) is 65.0 Å². The molecule has 3 fully saturated rings. The molecule has 0 aromatic heterocycles. The molecule has 2 bridgehead atoms. The maximum absolute atomic E-state index is 3.66. The van der Waals surface area contributed by atoms with E-state index < -0.39 is 0 Å². The number of nitrogens with zero attached hydrogens (tertiary/aromatic N) is 1. The van der Waals surface area contributed by atoms with Gasteiger partial charge in [-0.05, 0) is 69.4 Å². The molecule has 3 aliphatic rings. The van der Waals surface area contributed by atoms with Crippen molar-refractivity contribution in [3.05, 3.63) is 0 Å². The topological polar surface area (TPSA) is 15.3 Å². The van der Waals surface area contributed by atoms with Crippen molar-refractivity contribution in [2.24, 2.45) is 23.7 Å². The molecule has 2 nitrogen and oxygen atoms in total. The molecule has 0 radical (unpaired) electrons. The fraction of sp³-hybridized carbons (Fsp3) is 1.00. The molecular weight excluding hydrogens is 232 g/mol. The van der Waals surface area contributed by atoms with Gasteiger partial charge < -0.3 is 5.32 Å². The molecule has 19 heavy (non-hydrogen) atoms. The van der Waals surface area contributed by atoms with E-state index in [1.807, 2.05) is 0 Å². The van der Waals surface area contributed by atoms with Crippen LogP contribution in [-0.2, 0) is 0 Å². The van der Waals surface area contributed by atoms with Gasteiger partial charge in [-0.25, -0.2) is 0 Å². The molecule has 0 spiro atoms. The lowest BCUT2D eigenvalue weighted by Crippen LogP contribution is -2.52. The second-order valence-electron chi connectivity index (χ2n) is 7.50. The van der Waals surface area contributed by atoms with Crippen molar-refractivity contribution in [3.63, 3.8) is 0 Å². The summed E-state index contributed by atoms with van der Waals surface area (Å²) in [5, 5.41) is 3.66. The fourth-order valence-corrected chi connectivity index (χ4v) is 5.27. The van der Waals surface area contributed by atoms with Crippen LogP contribution in [0.25, 0.3) is 0 Å². The first-order chi connectivity index (χ1) is 9.19. The molecule has 0 amide bonds. The molecule has 3 rings (SSSR count). The highest BCUT2D eigenvalue weighted by atomic mass is 15.2. The van der Waals surface area contributed by atoms with Crippen molar-refractivity contribution in [1.82, 2.24) is 10.2 Å². The van der Waals surface area contributed by atoms with Crippen LogP contribution in [0.1, 0.15) is 52.9 Å². The van der Waals surface area contributed by atoms with Gasteiger partial charge in [0, 0.05) is 18.6 Å². The SMILES string of the molecule is CCNC1CCN(C(C)C2CC3CCC2C3)CC1C. The fourth-order valence-electron chi connectivity index (χ4n) is 5.27. The molecule has 110 valence electrons. The largest absolute Gasteiger partial charge is 0.314 e. The average Bonchev–Trinajstić information content (AvgIpc) is 3.03. The van der Waals surface area contributed by atoms with Crippen LogP contribution in [0, 0.1) is 23.7 Å². The molecule has 1 saturated heterocycles. The van der Waals surface area contributed by atoms with E-state index in [-0.39, 0.29) is 0 Å². The molecule has 6 atom stereocenters. The van der Waals surface area contributed by atoms with Crippen molar-refractivity contribution < 1.29 is 0 Å². The number of piperidine rings is 1. The van der Waals surface area contributed by atoms with Gasteiger partial charge in [0.05, 0.1) is 0 Å². The van der Waals surface area contributed by atoms with Crippen molar-refractivity contribution >= 4 is 0 Å². The van der Waals surface area contributed by atoms with Gasteiger partial charge in [0.25, 0.3) is 0 Å². The minimum atomic E-state index is 0.758. The Bertz CT molecular complexity index is 304. The number of hydrogen-bond acceptors (Lipinski definition) is 2. The van der Waals surface area contributed by atoms with E-state index in [0.717, 1.165) is 42.3 Å². The van der Waals surface area contributed by atoms with Crippen LogP contribution >= 0.6 is 0 Å².